The molecule has 1 heterocycles. The lowest BCUT2D eigenvalue weighted by Gasteiger charge is -2.06. The Morgan fingerprint density at radius 3 is 2.89 bits per heavy atom. The molecule has 0 unspecified atom stereocenters. The molecule has 0 bridgehead atoms. The largest absolute Gasteiger partial charge is 0.374 e. The molecule has 0 amide bonds. The molecule has 2 rings (SSSR count). The number of nitro benzene ring substituents is 1. The van der Waals surface area contributed by atoms with E-state index in [1.807, 2.05) is 13.0 Å². The number of nitrogens with one attached hydrogen (secondary N) is 1. The number of nitrogens with zero attached hydrogens (tertiary/aromatic N) is 3. The maximum atomic E-state index is 10.9. The van der Waals surface area contributed by atoms with Gasteiger partial charge in [0.15, 0.2) is 0 Å². The van der Waals surface area contributed by atoms with Gasteiger partial charge in [-0.3, -0.25) is 20.1 Å². The summed E-state index contributed by atoms with van der Waals surface area (Å²) in [5.41, 5.74) is 2.13. The van der Waals surface area contributed by atoms with E-state index in [0.29, 0.717) is 12.2 Å². The number of anilines is 1. The van der Waals surface area contributed by atoms with Crippen LogP contribution in [-0.4, -0.2) is 14.9 Å². The Morgan fingerprint density at radius 1 is 1.39 bits per heavy atom. The maximum Gasteiger partial charge on any atom is 0.292 e. The molecule has 0 spiro atoms. The third kappa shape index (κ3) is 2.79. The first-order valence-electron chi connectivity index (χ1n) is 5.40. The quantitative estimate of drug-likeness (QED) is 0.659. The minimum absolute atomic E-state index is 0.0684. The highest BCUT2D eigenvalue weighted by Crippen LogP contribution is 2.25. The van der Waals surface area contributed by atoms with E-state index in [0.717, 1.165) is 11.3 Å². The second kappa shape index (κ2) is 5.22. The van der Waals surface area contributed by atoms with Crippen LogP contribution in [0.5, 0.6) is 0 Å². The van der Waals surface area contributed by atoms with E-state index in [1.54, 1.807) is 30.7 Å². The summed E-state index contributed by atoms with van der Waals surface area (Å²) in [5.74, 6) is 0. The second-order valence-electron chi connectivity index (χ2n) is 3.83. The smallest absolute Gasteiger partial charge is 0.292 e. The van der Waals surface area contributed by atoms with E-state index in [-0.39, 0.29) is 5.69 Å². The average molecular weight is 244 g/mol. The molecule has 0 aliphatic carbocycles. The number of aromatic nitrogens is 2. The predicted octanol–water partition coefficient (Wildman–Crippen LogP) is 2.31. The van der Waals surface area contributed by atoms with Crippen LogP contribution in [-0.2, 0) is 6.54 Å². The van der Waals surface area contributed by atoms with Gasteiger partial charge in [0.05, 0.1) is 23.4 Å². The molecule has 92 valence electrons. The molecule has 6 heteroatoms. The predicted molar refractivity (Wildman–Crippen MR) is 67.2 cm³/mol. The fraction of sp³-hybridized carbons (Fsp3) is 0.167. The highest BCUT2D eigenvalue weighted by molar-refractivity contribution is 5.62. The molecule has 0 saturated carbocycles. The van der Waals surface area contributed by atoms with Gasteiger partial charge in [-0.15, -0.1) is 0 Å². The molecule has 1 aromatic heterocycles. The topological polar surface area (TPSA) is 81.0 Å². The minimum Gasteiger partial charge on any atom is -0.374 e. The lowest BCUT2D eigenvalue weighted by atomic mass is 10.2. The van der Waals surface area contributed by atoms with Crippen molar-refractivity contribution in [3.8, 4) is 0 Å². The lowest BCUT2D eigenvalue weighted by molar-refractivity contribution is -0.384. The molecule has 6 nitrogen and oxygen atoms in total. The number of aryl methyl sites for hydroxylation is 1. The molecule has 18 heavy (non-hydrogen) atoms. The van der Waals surface area contributed by atoms with Gasteiger partial charge >= 0.3 is 0 Å². The summed E-state index contributed by atoms with van der Waals surface area (Å²) in [7, 11) is 0. The SMILES string of the molecule is Cc1ccc(NCc2cnccn2)c([N+](=O)[O-])c1. The molecule has 0 saturated heterocycles. The van der Waals surface area contributed by atoms with Crippen molar-refractivity contribution >= 4 is 11.4 Å². The van der Waals surface area contributed by atoms with Crippen LogP contribution in [0.2, 0.25) is 0 Å². The number of hydrogen-bond acceptors (Lipinski definition) is 5. The van der Waals surface area contributed by atoms with Crippen LogP contribution in [0.4, 0.5) is 11.4 Å². The normalized spacial score (nSPS) is 10.1. The van der Waals surface area contributed by atoms with Crippen LogP contribution in [0.15, 0.2) is 36.8 Å². The Kier molecular flexibility index (Phi) is 3.47. The third-order valence-corrected chi connectivity index (χ3v) is 2.43. The number of nitro groups is 1. The number of benzene rings is 1. The summed E-state index contributed by atoms with van der Waals surface area (Å²) in [6.45, 7) is 2.22. The zero-order chi connectivity index (χ0) is 13.0. The lowest BCUT2D eigenvalue weighted by Crippen LogP contribution is -2.04. The fourth-order valence-electron chi connectivity index (χ4n) is 1.55. The van der Waals surface area contributed by atoms with Gasteiger partial charge in [-0.05, 0) is 18.6 Å². The molecular weight excluding hydrogens is 232 g/mol. The van der Waals surface area contributed by atoms with Crippen molar-refractivity contribution in [3.63, 3.8) is 0 Å². The van der Waals surface area contributed by atoms with Crippen molar-refractivity contribution in [2.45, 2.75) is 13.5 Å². The molecular formula is C12H12N4O2. The average Bonchev–Trinajstić information content (AvgIpc) is 2.38. The highest BCUT2D eigenvalue weighted by atomic mass is 16.6. The van der Waals surface area contributed by atoms with Crippen molar-refractivity contribution in [1.29, 1.82) is 0 Å². The molecule has 0 atom stereocenters. The van der Waals surface area contributed by atoms with Crippen LogP contribution in [0.25, 0.3) is 0 Å². The van der Waals surface area contributed by atoms with Gasteiger partial charge in [0.1, 0.15) is 5.69 Å². The van der Waals surface area contributed by atoms with Gasteiger partial charge in [-0.25, -0.2) is 0 Å². The summed E-state index contributed by atoms with van der Waals surface area (Å²) in [6, 6.07) is 5.06. The minimum atomic E-state index is -0.397. The Labute approximate surface area is 104 Å². The van der Waals surface area contributed by atoms with Gasteiger partial charge < -0.3 is 5.32 Å². The van der Waals surface area contributed by atoms with E-state index < -0.39 is 4.92 Å². The van der Waals surface area contributed by atoms with Crippen molar-refractivity contribution < 1.29 is 4.92 Å². The summed E-state index contributed by atoms with van der Waals surface area (Å²) in [4.78, 5) is 18.5. The summed E-state index contributed by atoms with van der Waals surface area (Å²) in [5, 5.41) is 13.9. The van der Waals surface area contributed by atoms with Gasteiger partial charge in [0, 0.05) is 18.5 Å². The first kappa shape index (κ1) is 12.0. The molecule has 1 aromatic carbocycles. The summed E-state index contributed by atoms with van der Waals surface area (Å²) < 4.78 is 0. The Morgan fingerprint density at radius 2 is 2.22 bits per heavy atom. The molecule has 0 fully saturated rings. The molecule has 2 aromatic rings. The first-order chi connectivity index (χ1) is 8.66. The molecule has 0 aliphatic heterocycles. The van der Waals surface area contributed by atoms with Crippen LogP contribution >= 0.6 is 0 Å². The summed E-state index contributed by atoms with van der Waals surface area (Å²) >= 11 is 0. The van der Waals surface area contributed by atoms with Crippen molar-refractivity contribution in [2.75, 3.05) is 5.32 Å². The molecule has 0 radical (unpaired) electrons. The fourth-order valence-corrected chi connectivity index (χ4v) is 1.55. The Balaban J connectivity index is 2.17. The van der Waals surface area contributed by atoms with Gasteiger partial charge in [-0.1, -0.05) is 6.07 Å². The van der Waals surface area contributed by atoms with Crippen LogP contribution in [0.3, 0.4) is 0 Å². The van der Waals surface area contributed by atoms with E-state index in [9.17, 15) is 10.1 Å². The van der Waals surface area contributed by atoms with Gasteiger partial charge in [0.25, 0.3) is 5.69 Å². The van der Waals surface area contributed by atoms with E-state index in [4.69, 9.17) is 0 Å². The monoisotopic (exact) mass is 244 g/mol. The standard InChI is InChI=1S/C12H12N4O2/c1-9-2-3-11(12(6-9)16(17)18)15-8-10-7-13-4-5-14-10/h2-7,15H,8H2,1H3. The molecule has 1 N–H and O–H groups in total. The zero-order valence-corrected chi connectivity index (χ0v) is 9.83. The third-order valence-electron chi connectivity index (χ3n) is 2.43. The van der Waals surface area contributed by atoms with Crippen LogP contribution in [0, 0.1) is 17.0 Å². The molecule has 0 aliphatic rings. The van der Waals surface area contributed by atoms with E-state index in [2.05, 4.69) is 15.3 Å². The van der Waals surface area contributed by atoms with Gasteiger partial charge in [-0.2, -0.15) is 0 Å². The van der Waals surface area contributed by atoms with E-state index in [1.165, 1.54) is 0 Å². The first-order valence-corrected chi connectivity index (χ1v) is 5.40. The maximum absolute atomic E-state index is 10.9. The highest BCUT2D eigenvalue weighted by Gasteiger charge is 2.13. The van der Waals surface area contributed by atoms with Crippen molar-refractivity contribution in [3.05, 3.63) is 58.2 Å². The Bertz CT molecular complexity index is 557. The van der Waals surface area contributed by atoms with E-state index >= 15 is 0 Å². The number of hydrogen-bond donors (Lipinski definition) is 1. The number of rotatable bonds is 4. The Hall–Kier alpha value is -2.50. The second-order valence-corrected chi connectivity index (χ2v) is 3.83. The zero-order valence-electron chi connectivity index (χ0n) is 9.83. The van der Waals surface area contributed by atoms with Crippen molar-refractivity contribution in [1.82, 2.24) is 9.97 Å². The summed E-state index contributed by atoms with van der Waals surface area (Å²) in [6.07, 6.45) is 4.78. The van der Waals surface area contributed by atoms with Crippen LogP contribution in [0.1, 0.15) is 11.3 Å². The van der Waals surface area contributed by atoms with Gasteiger partial charge in [0.2, 0.25) is 0 Å². The van der Waals surface area contributed by atoms with Crippen molar-refractivity contribution in [2.24, 2.45) is 0 Å². The van der Waals surface area contributed by atoms with Crippen LogP contribution < -0.4 is 5.32 Å².